The van der Waals surface area contributed by atoms with Gasteiger partial charge in [0.05, 0.1) is 12.7 Å². The molecular formula is C12H15IO. The molecule has 0 aliphatic carbocycles. The Balaban J connectivity index is 2.06. The summed E-state index contributed by atoms with van der Waals surface area (Å²) in [5, 5.41) is 0. The van der Waals surface area contributed by atoms with E-state index in [1.807, 2.05) is 0 Å². The van der Waals surface area contributed by atoms with Crippen LogP contribution in [0.25, 0.3) is 0 Å². The second-order valence-corrected chi connectivity index (χ2v) is 4.83. The van der Waals surface area contributed by atoms with Crippen LogP contribution in [0.4, 0.5) is 0 Å². The Morgan fingerprint density at radius 2 is 2.07 bits per heavy atom. The largest absolute Gasteiger partial charge is 0.377 e. The monoisotopic (exact) mass is 302 g/mol. The van der Waals surface area contributed by atoms with E-state index < -0.39 is 0 Å². The number of hydrogen-bond acceptors (Lipinski definition) is 1. The summed E-state index contributed by atoms with van der Waals surface area (Å²) in [7, 11) is 0. The van der Waals surface area contributed by atoms with Gasteiger partial charge >= 0.3 is 0 Å². The second kappa shape index (κ2) is 4.62. The summed E-state index contributed by atoms with van der Waals surface area (Å²) in [5.41, 5.74) is 2.76. The Bertz CT molecular complexity index is 294. The van der Waals surface area contributed by atoms with E-state index in [0.29, 0.717) is 12.0 Å². The quantitative estimate of drug-likeness (QED) is 0.601. The van der Waals surface area contributed by atoms with Crippen molar-refractivity contribution in [3.8, 4) is 0 Å². The Morgan fingerprint density at radius 3 is 2.64 bits per heavy atom. The summed E-state index contributed by atoms with van der Waals surface area (Å²) in [6, 6.07) is 8.84. The molecule has 1 nitrogen and oxygen atoms in total. The van der Waals surface area contributed by atoms with Gasteiger partial charge in [0.2, 0.25) is 0 Å². The van der Waals surface area contributed by atoms with E-state index in [0.717, 1.165) is 11.0 Å². The molecule has 1 aromatic carbocycles. The molecule has 0 unspecified atom stereocenters. The number of rotatable bonds is 2. The molecule has 2 rings (SSSR count). The summed E-state index contributed by atoms with van der Waals surface area (Å²) in [6.07, 6.45) is 1.66. The summed E-state index contributed by atoms with van der Waals surface area (Å²) in [5.74, 6) is 0.621. The molecule has 0 spiro atoms. The first-order valence-electron chi connectivity index (χ1n) is 5.03. The zero-order chi connectivity index (χ0) is 9.97. The molecule has 0 radical (unpaired) electrons. The number of benzene rings is 1. The molecule has 1 aromatic rings. The summed E-state index contributed by atoms with van der Waals surface area (Å²) in [6.45, 7) is 3.03. The first-order chi connectivity index (χ1) is 6.79. The molecule has 2 atom stereocenters. The van der Waals surface area contributed by atoms with Crippen LogP contribution in [0.15, 0.2) is 24.3 Å². The maximum absolute atomic E-state index is 5.69. The molecule has 14 heavy (non-hydrogen) atoms. The minimum Gasteiger partial charge on any atom is -0.377 e. The van der Waals surface area contributed by atoms with Gasteiger partial charge in [-0.2, -0.15) is 0 Å². The summed E-state index contributed by atoms with van der Waals surface area (Å²) in [4.78, 5) is 0. The lowest BCUT2D eigenvalue weighted by Crippen LogP contribution is -2.05. The predicted molar refractivity (Wildman–Crippen MR) is 67.2 cm³/mol. The SMILES string of the molecule is Cc1ccc([C@@H]2CO[C@H](CI)C2)cc1. The molecule has 1 heterocycles. The smallest absolute Gasteiger partial charge is 0.0671 e. The van der Waals surface area contributed by atoms with E-state index in [4.69, 9.17) is 4.74 Å². The van der Waals surface area contributed by atoms with Gasteiger partial charge in [-0.05, 0) is 18.9 Å². The fourth-order valence-electron chi connectivity index (χ4n) is 1.88. The Hall–Kier alpha value is -0.0900. The maximum Gasteiger partial charge on any atom is 0.0671 e. The van der Waals surface area contributed by atoms with Gasteiger partial charge in [0.15, 0.2) is 0 Å². The lowest BCUT2D eigenvalue weighted by Gasteiger charge is -2.08. The van der Waals surface area contributed by atoms with Crippen molar-refractivity contribution in [2.24, 2.45) is 0 Å². The molecule has 2 heteroatoms. The van der Waals surface area contributed by atoms with Crippen LogP contribution in [0, 0.1) is 6.92 Å². The zero-order valence-electron chi connectivity index (χ0n) is 8.37. The number of ether oxygens (including phenoxy) is 1. The highest BCUT2D eigenvalue weighted by Gasteiger charge is 2.25. The Morgan fingerprint density at radius 1 is 1.36 bits per heavy atom. The van der Waals surface area contributed by atoms with Gasteiger partial charge in [0.1, 0.15) is 0 Å². The van der Waals surface area contributed by atoms with Gasteiger partial charge in [-0.25, -0.2) is 0 Å². The van der Waals surface area contributed by atoms with Crippen molar-refractivity contribution in [3.05, 3.63) is 35.4 Å². The standard InChI is InChI=1S/C12H15IO/c1-9-2-4-10(5-3-9)11-6-12(7-13)14-8-11/h2-5,11-12H,6-8H2,1H3/t11-,12-/m0/s1. The van der Waals surface area contributed by atoms with E-state index in [1.165, 1.54) is 17.5 Å². The van der Waals surface area contributed by atoms with E-state index in [2.05, 4.69) is 53.8 Å². The number of halogens is 1. The van der Waals surface area contributed by atoms with Crippen molar-refractivity contribution in [3.63, 3.8) is 0 Å². The van der Waals surface area contributed by atoms with Crippen molar-refractivity contribution >= 4 is 22.6 Å². The van der Waals surface area contributed by atoms with Crippen LogP contribution < -0.4 is 0 Å². The minimum atomic E-state index is 0.474. The lowest BCUT2D eigenvalue weighted by molar-refractivity contribution is 0.129. The predicted octanol–water partition coefficient (Wildman–Crippen LogP) is 3.30. The lowest BCUT2D eigenvalue weighted by atomic mass is 9.96. The second-order valence-electron chi connectivity index (χ2n) is 3.95. The van der Waals surface area contributed by atoms with Crippen molar-refractivity contribution in [1.82, 2.24) is 0 Å². The third-order valence-corrected chi connectivity index (χ3v) is 3.78. The molecular weight excluding hydrogens is 287 g/mol. The molecule has 1 aliphatic heterocycles. The van der Waals surface area contributed by atoms with Gasteiger partial charge in [-0.1, -0.05) is 52.4 Å². The van der Waals surface area contributed by atoms with E-state index in [9.17, 15) is 0 Å². The first-order valence-corrected chi connectivity index (χ1v) is 6.56. The van der Waals surface area contributed by atoms with Gasteiger partial charge < -0.3 is 4.74 Å². The maximum atomic E-state index is 5.69. The average Bonchev–Trinajstić information content (AvgIpc) is 2.67. The van der Waals surface area contributed by atoms with Crippen LogP contribution in [-0.4, -0.2) is 17.1 Å². The normalized spacial score (nSPS) is 26.7. The molecule has 1 saturated heterocycles. The molecule has 0 aromatic heterocycles. The van der Waals surface area contributed by atoms with E-state index in [1.54, 1.807) is 0 Å². The van der Waals surface area contributed by atoms with Crippen LogP contribution in [0.5, 0.6) is 0 Å². The van der Waals surface area contributed by atoms with Crippen molar-refractivity contribution in [2.45, 2.75) is 25.4 Å². The molecule has 0 amide bonds. The first kappa shape index (κ1) is 10.4. The van der Waals surface area contributed by atoms with Crippen LogP contribution in [-0.2, 0) is 4.74 Å². The van der Waals surface area contributed by atoms with Crippen molar-refractivity contribution in [2.75, 3.05) is 11.0 Å². The minimum absolute atomic E-state index is 0.474. The molecule has 0 saturated carbocycles. The van der Waals surface area contributed by atoms with Crippen molar-refractivity contribution in [1.29, 1.82) is 0 Å². The van der Waals surface area contributed by atoms with Crippen molar-refractivity contribution < 1.29 is 4.74 Å². The summed E-state index contributed by atoms with van der Waals surface area (Å²) >= 11 is 2.40. The molecule has 76 valence electrons. The van der Waals surface area contributed by atoms with Crippen LogP contribution in [0.2, 0.25) is 0 Å². The average molecular weight is 302 g/mol. The Kier molecular flexibility index (Phi) is 3.44. The molecule has 1 fully saturated rings. The highest BCUT2D eigenvalue weighted by atomic mass is 127. The molecule has 0 N–H and O–H groups in total. The number of aryl methyl sites for hydroxylation is 1. The van der Waals surface area contributed by atoms with E-state index >= 15 is 0 Å². The number of hydrogen-bond donors (Lipinski definition) is 0. The van der Waals surface area contributed by atoms with Crippen LogP contribution >= 0.6 is 22.6 Å². The zero-order valence-corrected chi connectivity index (χ0v) is 10.5. The Labute approximate surface area is 99.0 Å². The van der Waals surface area contributed by atoms with Gasteiger partial charge in [-0.15, -0.1) is 0 Å². The van der Waals surface area contributed by atoms with Crippen LogP contribution in [0.1, 0.15) is 23.5 Å². The van der Waals surface area contributed by atoms with Crippen LogP contribution in [0.3, 0.4) is 0 Å². The fraction of sp³-hybridized carbons (Fsp3) is 0.500. The highest BCUT2D eigenvalue weighted by Crippen LogP contribution is 2.30. The molecule has 0 bridgehead atoms. The van der Waals surface area contributed by atoms with Gasteiger partial charge in [-0.3, -0.25) is 0 Å². The van der Waals surface area contributed by atoms with Gasteiger partial charge in [0.25, 0.3) is 0 Å². The van der Waals surface area contributed by atoms with Gasteiger partial charge in [0, 0.05) is 10.3 Å². The van der Waals surface area contributed by atoms with E-state index in [-0.39, 0.29) is 0 Å². The summed E-state index contributed by atoms with van der Waals surface area (Å²) < 4.78 is 6.80. The number of alkyl halides is 1. The third kappa shape index (κ3) is 2.28. The fourth-order valence-corrected chi connectivity index (χ4v) is 2.50. The third-order valence-electron chi connectivity index (χ3n) is 2.80. The highest BCUT2D eigenvalue weighted by molar-refractivity contribution is 14.1. The molecule has 1 aliphatic rings. The topological polar surface area (TPSA) is 9.23 Å².